The molecule has 0 radical (unpaired) electrons. The van der Waals surface area contributed by atoms with Crippen LogP contribution in [0.2, 0.25) is 0 Å². The number of carbonyl (C=O) groups is 1. The van der Waals surface area contributed by atoms with Crippen molar-refractivity contribution in [3.05, 3.63) is 45.4 Å². The molecule has 28 heavy (non-hydrogen) atoms. The summed E-state index contributed by atoms with van der Waals surface area (Å²) < 4.78 is 0. The van der Waals surface area contributed by atoms with Crippen molar-refractivity contribution < 1.29 is 4.79 Å². The summed E-state index contributed by atoms with van der Waals surface area (Å²) in [6, 6.07) is 7.64. The van der Waals surface area contributed by atoms with E-state index >= 15 is 0 Å². The second-order valence-corrected chi connectivity index (χ2v) is 8.09. The predicted octanol–water partition coefficient (Wildman–Crippen LogP) is 3.20. The Morgan fingerprint density at radius 2 is 1.89 bits per heavy atom. The summed E-state index contributed by atoms with van der Waals surface area (Å²) in [6.45, 7) is 9.42. The molecular weight excluding hydrogens is 372 g/mol. The molecule has 0 aliphatic heterocycles. The molecule has 0 saturated heterocycles. The molecule has 0 atom stereocenters. The normalized spacial score (nSPS) is 11.4. The fourth-order valence-electron chi connectivity index (χ4n) is 2.48. The van der Waals surface area contributed by atoms with Gasteiger partial charge in [0.15, 0.2) is 5.96 Å². The van der Waals surface area contributed by atoms with Crippen molar-refractivity contribution in [1.82, 2.24) is 20.9 Å². The predicted molar refractivity (Wildman–Crippen MR) is 117 cm³/mol. The van der Waals surface area contributed by atoms with E-state index in [0.29, 0.717) is 6.54 Å². The first-order valence-electron chi connectivity index (χ1n) is 9.41. The zero-order valence-corrected chi connectivity index (χ0v) is 18.0. The lowest BCUT2D eigenvalue weighted by Gasteiger charge is -2.12. The molecule has 0 aliphatic carbocycles. The van der Waals surface area contributed by atoms with Crippen LogP contribution in [0.1, 0.15) is 35.0 Å². The van der Waals surface area contributed by atoms with Gasteiger partial charge in [0.2, 0.25) is 0 Å². The Kier molecular flexibility index (Phi) is 8.25. The Balaban J connectivity index is 1.75. The van der Waals surface area contributed by atoms with Crippen molar-refractivity contribution in [3.8, 4) is 0 Å². The lowest BCUT2D eigenvalue weighted by Crippen LogP contribution is -2.37. The summed E-state index contributed by atoms with van der Waals surface area (Å²) in [6.07, 6.45) is 0.874. The molecule has 1 aromatic carbocycles. The van der Waals surface area contributed by atoms with E-state index in [1.54, 1.807) is 18.4 Å². The highest BCUT2D eigenvalue weighted by atomic mass is 32.1. The minimum atomic E-state index is -0.198. The third-order valence-corrected chi connectivity index (χ3v) is 5.15. The molecule has 0 spiro atoms. The van der Waals surface area contributed by atoms with E-state index < -0.39 is 0 Å². The third-order valence-electron chi connectivity index (χ3n) is 4.02. The van der Waals surface area contributed by atoms with Gasteiger partial charge in [-0.3, -0.25) is 4.99 Å². The number of nitrogens with one attached hydrogen (secondary N) is 4. The number of rotatable bonds is 7. The number of nitrogens with zero attached hydrogens (tertiary/aromatic N) is 2. The van der Waals surface area contributed by atoms with Gasteiger partial charge in [0.1, 0.15) is 0 Å². The zero-order valence-electron chi connectivity index (χ0n) is 17.2. The van der Waals surface area contributed by atoms with Crippen LogP contribution in [0, 0.1) is 13.8 Å². The quantitative estimate of drug-likeness (QED) is 0.423. The van der Waals surface area contributed by atoms with Crippen molar-refractivity contribution in [2.24, 2.45) is 4.99 Å². The fraction of sp³-hybridized carbons (Fsp3) is 0.450. The van der Waals surface area contributed by atoms with Gasteiger partial charge in [-0.05, 0) is 45.4 Å². The summed E-state index contributed by atoms with van der Waals surface area (Å²) in [5.74, 6) is 0.753. The number of amides is 2. The molecule has 152 valence electrons. The SMILES string of the molecule is CN=C(NCCc1nc(C)c(C)s1)NCc1ccc(NC(=O)NC(C)C)cc1. The topological polar surface area (TPSA) is 90.4 Å². The van der Waals surface area contributed by atoms with Gasteiger partial charge >= 0.3 is 6.03 Å². The molecule has 0 unspecified atom stereocenters. The van der Waals surface area contributed by atoms with E-state index in [0.717, 1.165) is 40.9 Å². The summed E-state index contributed by atoms with van der Waals surface area (Å²) in [5.41, 5.74) is 2.98. The number of aliphatic imine (C=N–C) groups is 1. The maximum Gasteiger partial charge on any atom is 0.319 e. The molecule has 1 aromatic heterocycles. The van der Waals surface area contributed by atoms with Gasteiger partial charge in [-0.2, -0.15) is 0 Å². The number of carbonyl (C=O) groups excluding carboxylic acids is 1. The van der Waals surface area contributed by atoms with Crippen LogP contribution in [0.15, 0.2) is 29.3 Å². The van der Waals surface area contributed by atoms with E-state index in [1.807, 2.05) is 45.0 Å². The van der Waals surface area contributed by atoms with E-state index in [9.17, 15) is 4.79 Å². The van der Waals surface area contributed by atoms with Gasteiger partial charge in [0.25, 0.3) is 0 Å². The van der Waals surface area contributed by atoms with Gasteiger partial charge in [-0.1, -0.05) is 12.1 Å². The molecule has 0 fully saturated rings. The summed E-state index contributed by atoms with van der Waals surface area (Å²) in [4.78, 5) is 21.8. The standard InChI is InChI=1S/C20H30N6OS/c1-13(2)24-20(27)26-17-8-6-16(7-9-17)12-23-19(21-5)22-11-10-18-25-14(3)15(4)28-18/h6-9,13H,10-12H2,1-5H3,(H2,21,22,23)(H2,24,26,27). The first kappa shape index (κ1) is 21.7. The maximum absolute atomic E-state index is 11.7. The highest BCUT2D eigenvalue weighted by molar-refractivity contribution is 7.11. The largest absolute Gasteiger partial charge is 0.356 e. The molecule has 0 bridgehead atoms. The Labute approximate surface area is 171 Å². The molecule has 1 heterocycles. The van der Waals surface area contributed by atoms with Crippen LogP contribution in [0.25, 0.3) is 0 Å². The number of thiazole rings is 1. The van der Waals surface area contributed by atoms with E-state index in [-0.39, 0.29) is 12.1 Å². The number of urea groups is 1. The van der Waals surface area contributed by atoms with E-state index in [4.69, 9.17) is 0 Å². The van der Waals surface area contributed by atoms with Gasteiger partial charge < -0.3 is 21.3 Å². The molecule has 0 aliphatic rings. The van der Waals surface area contributed by atoms with Crippen molar-refractivity contribution in [2.75, 3.05) is 18.9 Å². The third kappa shape index (κ3) is 7.19. The number of hydrogen-bond acceptors (Lipinski definition) is 4. The Bertz CT molecular complexity index is 778. The lowest BCUT2D eigenvalue weighted by atomic mass is 10.2. The van der Waals surface area contributed by atoms with Crippen LogP contribution >= 0.6 is 11.3 Å². The second-order valence-electron chi connectivity index (χ2n) is 6.80. The molecule has 8 heteroatoms. The van der Waals surface area contributed by atoms with Crippen molar-refractivity contribution in [2.45, 2.75) is 46.7 Å². The lowest BCUT2D eigenvalue weighted by molar-refractivity contribution is 0.250. The van der Waals surface area contributed by atoms with Crippen LogP contribution in [-0.4, -0.2) is 36.6 Å². The minimum absolute atomic E-state index is 0.103. The highest BCUT2D eigenvalue weighted by Gasteiger charge is 2.05. The molecule has 7 nitrogen and oxygen atoms in total. The zero-order chi connectivity index (χ0) is 20.5. The molecule has 4 N–H and O–H groups in total. The monoisotopic (exact) mass is 402 g/mol. The van der Waals surface area contributed by atoms with Gasteiger partial charge in [0, 0.05) is 43.2 Å². The molecule has 2 amide bonds. The molecule has 2 aromatic rings. The average Bonchev–Trinajstić information content (AvgIpc) is 2.96. The molecule has 2 rings (SSSR count). The average molecular weight is 403 g/mol. The van der Waals surface area contributed by atoms with Gasteiger partial charge in [-0.15, -0.1) is 11.3 Å². The highest BCUT2D eigenvalue weighted by Crippen LogP contribution is 2.16. The summed E-state index contributed by atoms with van der Waals surface area (Å²) in [7, 11) is 1.76. The Hall–Kier alpha value is -2.61. The van der Waals surface area contributed by atoms with Crippen LogP contribution in [0.3, 0.4) is 0 Å². The smallest absolute Gasteiger partial charge is 0.319 e. The van der Waals surface area contributed by atoms with Crippen LogP contribution in [0.5, 0.6) is 0 Å². The number of benzene rings is 1. The molecular formula is C20H30N6OS. The van der Waals surface area contributed by atoms with Crippen LogP contribution < -0.4 is 21.3 Å². The summed E-state index contributed by atoms with van der Waals surface area (Å²) in [5, 5.41) is 13.4. The van der Waals surface area contributed by atoms with Gasteiger partial charge in [0.05, 0.1) is 10.7 Å². The Morgan fingerprint density at radius 1 is 1.18 bits per heavy atom. The van der Waals surface area contributed by atoms with E-state index in [2.05, 4.69) is 38.2 Å². The maximum atomic E-state index is 11.7. The number of hydrogen-bond donors (Lipinski definition) is 4. The van der Waals surface area contributed by atoms with Gasteiger partial charge in [-0.25, -0.2) is 9.78 Å². The minimum Gasteiger partial charge on any atom is -0.356 e. The first-order valence-corrected chi connectivity index (χ1v) is 10.2. The fourth-order valence-corrected chi connectivity index (χ4v) is 3.41. The van der Waals surface area contributed by atoms with Crippen molar-refractivity contribution in [1.29, 1.82) is 0 Å². The second kappa shape index (κ2) is 10.7. The molecule has 0 saturated carbocycles. The van der Waals surface area contributed by atoms with E-state index in [1.165, 1.54) is 4.88 Å². The number of aromatic nitrogens is 1. The van der Waals surface area contributed by atoms with Crippen LogP contribution in [-0.2, 0) is 13.0 Å². The number of aryl methyl sites for hydroxylation is 2. The first-order chi connectivity index (χ1) is 13.4. The number of anilines is 1. The van der Waals surface area contributed by atoms with Crippen molar-refractivity contribution in [3.63, 3.8) is 0 Å². The van der Waals surface area contributed by atoms with Crippen molar-refractivity contribution >= 4 is 29.0 Å². The van der Waals surface area contributed by atoms with Crippen LogP contribution in [0.4, 0.5) is 10.5 Å². The Morgan fingerprint density at radius 3 is 2.46 bits per heavy atom. The number of guanidine groups is 1. The summed E-state index contributed by atoms with van der Waals surface area (Å²) >= 11 is 1.75.